The number of hydrogen-bond acceptors (Lipinski definition) is 6. The van der Waals surface area contributed by atoms with E-state index in [2.05, 4.69) is 9.88 Å². The number of halogens is 1. The molecule has 1 atom stereocenters. The number of carbonyl (C=O) groups is 2. The number of carboxylic acid groups (broad SMARTS) is 1. The van der Waals surface area contributed by atoms with Crippen LogP contribution in [-0.4, -0.2) is 47.0 Å². The van der Waals surface area contributed by atoms with Gasteiger partial charge in [-0.1, -0.05) is 0 Å². The number of fused-ring (bicyclic) bond motifs is 3. The van der Waals surface area contributed by atoms with Gasteiger partial charge in [-0.15, -0.1) is 0 Å². The highest BCUT2D eigenvalue weighted by molar-refractivity contribution is 5.96. The molecule has 1 fully saturated rings. The van der Waals surface area contributed by atoms with E-state index in [0.717, 1.165) is 35.1 Å². The number of nitrogens with one attached hydrogen (secondary N) is 1. The number of imidazole rings is 1. The van der Waals surface area contributed by atoms with Gasteiger partial charge in [0.25, 0.3) is 0 Å². The molecule has 0 bridgehead atoms. The minimum Gasteiger partial charge on any atom is -0.494 e. The van der Waals surface area contributed by atoms with E-state index in [1.807, 2.05) is 19.1 Å². The van der Waals surface area contributed by atoms with Crippen molar-refractivity contribution in [2.45, 2.75) is 57.5 Å². The van der Waals surface area contributed by atoms with Crippen LogP contribution in [-0.2, 0) is 16.0 Å². The highest BCUT2D eigenvalue weighted by atomic mass is 19.1. The summed E-state index contributed by atoms with van der Waals surface area (Å²) in [5.41, 5.74) is 4.07. The first-order valence-corrected chi connectivity index (χ1v) is 12.6. The van der Waals surface area contributed by atoms with Crippen molar-refractivity contribution in [2.24, 2.45) is 5.92 Å². The molecule has 37 heavy (non-hydrogen) atoms. The van der Waals surface area contributed by atoms with E-state index in [-0.39, 0.29) is 23.8 Å². The van der Waals surface area contributed by atoms with Gasteiger partial charge in [0.15, 0.2) is 11.6 Å². The predicted octanol–water partition coefficient (Wildman–Crippen LogP) is 5.65. The Labute approximate surface area is 214 Å². The Morgan fingerprint density at radius 1 is 1.11 bits per heavy atom. The van der Waals surface area contributed by atoms with Crippen LogP contribution < -0.4 is 15.0 Å². The van der Waals surface area contributed by atoms with Crippen LogP contribution in [0.5, 0.6) is 5.75 Å². The number of ether oxygens (including phenoxy) is 2. The zero-order chi connectivity index (χ0) is 26.3. The molecule has 0 radical (unpaired) electrons. The van der Waals surface area contributed by atoms with Crippen LogP contribution in [0.1, 0.15) is 50.6 Å². The van der Waals surface area contributed by atoms with Crippen LogP contribution >= 0.6 is 0 Å². The summed E-state index contributed by atoms with van der Waals surface area (Å²) >= 11 is 0. The molecule has 2 N–H and O–H groups in total. The number of aliphatic carboxylic acids is 1. The Balaban J connectivity index is 1.62. The van der Waals surface area contributed by atoms with E-state index in [4.69, 9.17) is 14.5 Å². The average molecular weight is 511 g/mol. The van der Waals surface area contributed by atoms with Gasteiger partial charge in [0.2, 0.25) is 5.95 Å². The molecular weight excluding hydrogens is 479 g/mol. The second kappa shape index (κ2) is 9.91. The molecular formula is C27H31FN4O5. The van der Waals surface area contributed by atoms with Gasteiger partial charge in [-0.25, -0.2) is 14.2 Å². The summed E-state index contributed by atoms with van der Waals surface area (Å²) in [7, 11) is 2.79. The standard InChI is InChI=1S/C27H31FN4O5/c1-15-4-10-19-21(31(15)27(35)37-3)12-13-22-24(19)30-26(29-17-7-11-20(28)23(14-17)36-2)32(22)18-8-5-16(6-9-18)25(33)34/h7,11-16,18H,4-6,8-10H2,1-3H3,(H,29,30)(H,33,34)/t15-,16?,18?/m0/s1. The lowest BCUT2D eigenvalue weighted by atomic mass is 9.86. The molecule has 1 saturated carbocycles. The average Bonchev–Trinajstić information content (AvgIpc) is 3.27. The molecule has 3 aromatic rings. The molecule has 2 aromatic carbocycles. The molecule has 5 rings (SSSR count). The molecule has 196 valence electrons. The van der Waals surface area contributed by atoms with Crippen molar-refractivity contribution in [2.75, 3.05) is 24.4 Å². The SMILES string of the molecule is COC(=O)N1c2ccc3c(nc(Nc4ccc(F)c(OC)c4)n3C3CCC(C(=O)O)CC3)c2CC[C@@H]1C. The fourth-order valence-electron chi connectivity index (χ4n) is 5.68. The number of aromatic nitrogens is 2. The summed E-state index contributed by atoms with van der Waals surface area (Å²) in [4.78, 5) is 30.8. The second-order valence-electron chi connectivity index (χ2n) is 9.78. The first-order valence-electron chi connectivity index (χ1n) is 12.6. The van der Waals surface area contributed by atoms with Gasteiger partial charge in [0, 0.05) is 29.4 Å². The van der Waals surface area contributed by atoms with Gasteiger partial charge in [-0.05, 0) is 69.7 Å². The quantitative estimate of drug-likeness (QED) is 0.457. The van der Waals surface area contributed by atoms with E-state index >= 15 is 0 Å². The number of carboxylic acids is 1. The molecule has 9 nitrogen and oxygen atoms in total. The molecule has 0 unspecified atom stereocenters. The second-order valence-corrected chi connectivity index (χ2v) is 9.78. The number of benzene rings is 2. The van der Waals surface area contributed by atoms with E-state index < -0.39 is 17.9 Å². The minimum atomic E-state index is -0.753. The third kappa shape index (κ3) is 4.45. The molecule has 2 aliphatic rings. The summed E-state index contributed by atoms with van der Waals surface area (Å²) in [6.07, 6.45) is 3.70. The van der Waals surface area contributed by atoms with Crippen LogP contribution in [0, 0.1) is 11.7 Å². The molecule has 10 heteroatoms. The van der Waals surface area contributed by atoms with E-state index in [1.165, 1.54) is 20.3 Å². The monoisotopic (exact) mass is 510 g/mol. The van der Waals surface area contributed by atoms with Crippen molar-refractivity contribution in [1.29, 1.82) is 0 Å². The van der Waals surface area contributed by atoms with Crippen molar-refractivity contribution >= 4 is 40.4 Å². The summed E-state index contributed by atoms with van der Waals surface area (Å²) < 4.78 is 26.4. The normalized spacial score (nSPS) is 21.4. The number of anilines is 3. The van der Waals surface area contributed by atoms with Crippen LogP contribution in [0.3, 0.4) is 0 Å². The van der Waals surface area contributed by atoms with Gasteiger partial charge in [-0.2, -0.15) is 0 Å². The lowest BCUT2D eigenvalue weighted by Gasteiger charge is -2.34. The maximum Gasteiger partial charge on any atom is 0.414 e. The Morgan fingerprint density at radius 3 is 2.54 bits per heavy atom. The number of nitrogens with zero attached hydrogens (tertiary/aromatic N) is 3. The predicted molar refractivity (Wildman–Crippen MR) is 137 cm³/mol. The first kappa shape index (κ1) is 24.9. The Hall–Kier alpha value is -3.82. The number of aryl methyl sites for hydroxylation is 1. The van der Waals surface area contributed by atoms with Crippen molar-refractivity contribution in [3.63, 3.8) is 0 Å². The highest BCUT2D eigenvalue weighted by Gasteiger charge is 2.33. The van der Waals surface area contributed by atoms with E-state index in [1.54, 1.807) is 17.0 Å². The Bertz CT molecular complexity index is 1350. The molecule has 1 aliphatic carbocycles. The van der Waals surface area contributed by atoms with Gasteiger partial charge < -0.3 is 24.5 Å². The van der Waals surface area contributed by atoms with Gasteiger partial charge >= 0.3 is 12.1 Å². The number of methoxy groups -OCH3 is 2. The van der Waals surface area contributed by atoms with Gasteiger partial charge in [-0.3, -0.25) is 9.69 Å². The van der Waals surface area contributed by atoms with Crippen LogP contribution in [0.15, 0.2) is 30.3 Å². The molecule has 1 amide bonds. The van der Waals surface area contributed by atoms with Gasteiger partial charge in [0.1, 0.15) is 0 Å². The topological polar surface area (TPSA) is 106 Å². The maximum absolute atomic E-state index is 14.0. The number of carbonyl (C=O) groups excluding carboxylic acids is 1. The van der Waals surface area contributed by atoms with Crippen LogP contribution in [0.25, 0.3) is 11.0 Å². The third-order valence-electron chi connectivity index (χ3n) is 7.64. The van der Waals surface area contributed by atoms with E-state index in [9.17, 15) is 19.1 Å². The number of rotatable bonds is 5. The number of hydrogen-bond donors (Lipinski definition) is 2. The fraction of sp³-hybridized carbons (Fsp3) is 0.444. The molecule has 1 aromatic heterocycles. The summed E-state index contributed by atoms with van der Waals surface area (Å²) in [5.74, 6) is -0.850. The zero-order valence-electron chi connectivity index (χ0n) is 21.2. The zero-order valence-corrected chi connectivity index (χ0v) is 21.2. The Morgan fingerprint density at radius 2 is 1.86 bits per heavy atom. The van der Waals surface area contributed by atoms with Crippen LogP contribution in [0.2, 0.25) is 0 Å². The van der Waals surface area contributed by atoms with Gasteiger partial charge in [0.05, 0.1) is 36.9 Å². The molecule has 2 heterocycles. The Kier molecular flexibility index (Phi) is 6.66. The summed E-state index contributed by atoms with van der Waals surface area (Å²) in [5, 5.41) is 12.8. The minimum absolute atomic E-state index is 0.00458. The molecule has 1 aliphatic heterocycles. The van der Waals surface area contributed by atoms with E-state index in [0.29, 0.717) is 37.3 Å². The highest BCUT2D eigenvalue weighted by Crippen LogP contribution is 2.42. The lowest BCUT2D eigenvalue weighted by Crippen LogP contribution is -2.42. The fourth-order valence-corrected chi connectivity index (χ4v) is 5.68. The van der Waals surface area contributed by atoms with Crippen molar-refractivity contribution in [3.05, 3.63) is 41.7 Å². The lowest BCUT2D eigenvalue weighted by molar-refractivity contribution is -0.143. The van der Waals surface area contributed by atoms with Crippen molar-refractivity contribution in [1.82, 2.24) is 9.55 Å². The van der Waals surface area contributed by atoms with Crippen molar-refractivity contribution in [3.8, 4) is 5.75 Å². The summed E-state index contributed by atoms with van der Waals surface area (Å²) in [6, 6.07) is 8.49. The van der Waals surface area contributed by atoms with Crippen molar-refractivity contribution < 1.29 is 28.6 Å². The molecule has 0 spiro atoms. The third-order valence-corrected chi connectivity index (χ3v) is 7.64. The van der Waals surface area contributed by atoms with Crippen LogP contribution in [0.4, 0.5) is 26.5 Å². The largest absolute Gasteiger partial charge is 0.494 e. The summed E-state index contributed by atoms with van der Waals surface area (Å²) in [6.45, 7) is 2.00. The first-order chi connectivity index (χ1) is 17.8. The maximum atomic E-state index is 14.0. The number of amides is 1. The molecule has 0 saturated heterocycles. The smallest absolute Gasteiger partial charge is 0.414 e.